The SMILES string of the molecule is CCOc1ccccc1C(O)c1cc(C)c(C)cc1C. The Bertz CT molecular complexity index is 602. The van der Waals surface area contributed by atoms with Crippen LogP contribution in [0, 0.1) is 20.8 Å². The van der Waals surface area contributed by atoms with Gasteiger partial charge in [0.15, 0.2) is 0 Å². The third kappa shape index (κ3) is 2.86. The zero-order valence-electron chi connectivity index (χ0n) is 12.6. The molecule has 0 aromatic heterocycles. The molecule has 0 saturated heterocycles. The highest BCUT2D eigenvalue weighted by Gasteiger charge is 2.17. The van der Waals surface area contributed by atoms with E-state index >= 15 is 0 Å². The van der Waals surface area contributed by atoms with Gasteiger partial charge in [0.05, 0.1) is 6.61 Å². The Morgan fingerprint density at radius 3 is 2.30 bits per heavy atom. The first-order valence-corrected chi connectivity index (χ1v) is 7.02. The van der Waals surface area contributed by atoms with Crippen molar-refractivity contribution in [3.63, 3.8) is 0 Å². The van der Waals surface area contributed by atoms with E-state index < -0.39 is 6.10 Å². The Balaban J connectivity index is 2.46. The number of hydrogen-bond donors (Lipinski definition) is 1. The summed E-state index contributed by atoms with van der Waals surface area (Å²) >= 11 is 0. The van der Waals surface area contributed by atoms with Crippen LogP contribution < -0.4 is 4.74 Å². The van der Waals surface area contributed by atoms with Gasteiger partial charge in [0.25, 0.3) is 0 Å². The summed E-state index contributed by atoms with van der Waals surface area (Å²) in [6.07, 6.45) is -0.656. The van der Waals surface area contributed by atoms with Crippen LogP contribution in [0.5, 0.6) is 5.75 Å². The third-order valence-electron chi connectivity index (χ3n) is 3.69. The Labute approximate surface area is 121 Å². The highest BCUT2D eigenvalue weighted by atomic mass is 16.5. The van der Waals surface area contributed by atoms with Gasteiger partial charge in [0.2, 0.25) is 0 Å². The highest BCUT2D eigenvalue weighted by molar-refractivity contribution is 5.45. The minimum atomic E-state index is -0.656. The summed E-state index contributed by atoms with van der Waals surface area (Å²) in [5.41, 5.74) is 5.31. The van der Waals surface area contributed by atoms with Gasteiger partial charge in [0.1, 0.15) is 11.9 Å². The van der Waals surface area contributed by atoms with Crippen LogP contribution in [0.15, 0.2) is 36.4 Å². The van der Waals surface area contributed by atoms with Gasteiger partial charge in [-0.2, -0.15) is 0 Å². The molecule has 2 nitrogen and oxygen atoms in total. The van der Waals surface area contributed by atoms with Crippen molar-refractivity contribution in [2.45, 2.75) is 33.8 Å². The predicted octanol–water partition coefficient (Wildman–Crippen LogP) is 4.09. The van der Waals surface area contributed by atoms with Crippen LogP contribution in [0.4, 0.5) is 0 Å². The molecule has 0 heterocycles. The van der Waals surface area contributed by atoms with Gasteiger partial charge in [-0.15, -0.1) is 0 Å². The molecule has 20 heavy (non-hydrogen) atoms. The fourth-order valence-electron chi connectivity index (χ4n) is 2.44. The molecule has 0 amide bonds. The molecule has 0 fully saturated rings. The summed E-state index contributed by atoms with van der Waals surface area (Å²) in [7, 11) is 0. The van der Waals surface area contributed by atoms with Crippen LogP contribution in [0.25, 0.3) is 0 Å². The number of hydrogen-bond acceptors (Lipinski definition) is 2. The normalized spacial score (nSPS) is 12.2. The molecule has 1 unspecified atom stereocenters. The molecule has 0 radical (unpaired) electrons. The number of para-hydroxylation sites is 1. The van der Waals surface area contributed by atoms with Crippen molar-refractivity contribution in [2.24, 2.45) is 0 Å². The third-order valence-corrected chi connectivity index (χ3v) is 3.69. The lowest BCUT2D eigenvalue weighted by Crippen LogP contribution is -2.06. The van der Waals surface area contributed by atoms with E-state index in [9.17, 15) is 5.11 Å². The largest absolute Gasteiger partial charge is 0.493 e. The summed E-state index contributed by atoms with van der Waals surface area (Å²) < 4.78 is 5.61. The molecule has 1 N–H and O–H groups in total. The van der Waals surface area contributed by atoms with E-state index in [1.165, 1.54) is 11.1 Å². The van der Waals surface area contributed by atoms with Crippen molar-refractivity contribution in [2.75, 3.05) is 6.61 Å². The zero-order chi connectivity index (χ0) is 14.7. The van der Waals surface area contributed by atoms with Crippen LogP contribution in [0.1, 0.15) is 40.8 Å². The first kappa shape index (κ1) is 14.6. The van der Waals surface area contributed by atoms with E-state index in [4.69, 9.17) is 4.74 Å². The van der Waals surface area contributed by atoms with Crippen LogP contribution >= 0.6 is 0 Å². The van der Waals surface area contributed by atoms with Crippen LogP contribution in [-0.2, 0) is 0 Å². The summed E-state index contributed by atoms with van der Waals surface area (Å²) in [5, 5.41) is 10.7. The fraction of sp³-hybridized carbons (Fsp3) is 0.333. The maximum Gasteiger partial charge on any atom is 0.125 e. The number of aliphatic hydroxyl groups excluding tert-OH is 1. The van der Waals surface area contributed by atoms with Gasteiger partial charge in [-0.25, -0.2) is 0 Å². The summed E-state index contributed by atoms with van der Waals surface area (Å²) in [6, 6.07) is 11.9. The second-order valence-corrected chi connectivity index (χ2v) is 5.17. The number of benzene rings is 2. The monoisotopic (exact) mass is 270 g/mol. The topological polar surface area (TPSA) is 29.5 Å². The molecule has 2 rings (SSSR count). The molecule has 0 aliphatic heterocycles. The van der Waals surface area contributed by atoms with Crippen molar-refractivity contribution >= 4 is 0 Å². The van der Waals surface area contributed by atoms with Crippen LogP contribution in [0.3, 0.4) is 0 Å². The van der Waals surface area contributed by atoms with E-state index in [0.29, 0.717) is 6.61 Å². The summed E-state index contributed by atoms with van der Waals surface area (Å²) in [4.78, 5) is 0. The maximum absolute atomic E-state index is 10.7. The van der Waals surface area contributed by atoms with Gasteiger partial charge in [-0.1, -0.05) is 30.3 Å². The van der Waals surface area contributed by atoms with Crippen LogP contribution in [-0.4, -0.2) is 11.7 Å². The zero-order valence-corrected chi connectivity index (χ0v) is 12.6. The molecule has 2 heteroatoms. The van der Waals surface area contributed by atoms with Crippen molar-refractivity contribution in [1.82, 2.24) is 0 Å². The molecule has 0 aliphatic rings. The van der Waals surface area contributed by atoms with Gasteiger partial charge < -0.3 is 9.84 Å². The minimum Gasteiger partial charge on any atom is -0.493 e. The highest BCUT2D eigenvalue weighted by Crippen LogP contribution is 2.32. The molecule has 1 atom stereocenters. The smallest absolute Gasteiger partial charge is 0.125 e. The minimum absolute atomic E-state index is 0.593. The Hall–Kier alpha value is -1.80. The molecule has 0 spiro atoms. The Morgan fingerprint density at radius 1 is 0.950 bits per heavy atom. The quantitative estimate of drug-likeness (QED) is 0.906. The number of aryl methyl sites for hydroxylation is 3. The van der Waals surface area contributed by atoms with Gasteiger partial charge >= 0.3 is 0 Å². The lowest BCUT2D eigenvalue weighted by atomic mass is 9.93. The average molecular weight is 270 g/mol. The molecular formula is C18H22O2. The first-order valence-electron chi connectivity index (χ1n) is 7.02. The fourth-order valence-corrected chi connectivity index (χ4v) is 2.44. The van der Waals surface area contributed by atoms with Crippen molar-refractivity contribution in [1.29, 1.82) is 0 Å². The second kappa shape index (κ2) is 6.10. The standard InChI is InChI=1S/C18H22O2/c1-5-20-17-9-7-6-8-15(17)18(19)16-11-13(3)12(2)10-14(16)4/h6-11,18-19H,5H2,1-4H3. The molecule has 0 bridgehead atoms. The average Bonchev–Trinajstić information content (AvgIpc) is 2.43. The molecule has 106 valence electrons. The molecular weight excluding hydrogens is 248 g/mol. The summed E-state index contributed by atoms with van der Waals surface area (Å²) in [5.74, 6) is 0.750. The number of ether oxygens (including phenoxy) is 1. The Kier molecular flexibility index (Phi) is 4.46. The Morgan fingerprint density at radius 2 is 1.60 bits per heavy atom. The van der Waals surface area contributed by atoms with E-state index in [1.807, 2.05) is 38.1 Å². The van der Waals surface area contributed by atoms with E-state index in [2.05, 4.69) is 26.0 Å². The maximum atomic E-state index is 10.7. The van der Waals surface area contributed by atoms with E-state index in [-0.39, 0.29) is 0 Å². The summed E-state index contributed by atoms with van der Waals surface area (Å²) in [6.45, 7) is 8.74. The van der Waals surface area contributed by atoms with Gasteiger partial charge in [0, 0.05) is 5.56 Å². The van der Waals surface area contributed by atoms with E-state index in [0.717, 1.165) is 22.4 Å². The number of rotatable bonds is 4. The lowest BCUT2D eigenvalue weighted by Gasteiger charge is -2.19. The number of aliphatic hydroxyl groups is 1. The predicted molar refractivity (Wildman–Crippen MR) is 82.3 cm³/mol. The second-order valence-electron chi connectivity index (χ2n) is 5.17. The molecule has 0 aliphatic carbocycles. The van der Waals surface area contributed by atoms with Crippen molar-refractivity contribution in [3.8, 4) is 5.75 Å². The van der Waals surface area contributed by atoms with Gasteiger partial charge in [-0.05, 0) is 56.0 Å². The molecule has 0 saturated carbocycles. The molecule has 2 aromatic carbocycles. The van der Waals surface area contributed by atoms with Crippen LogP contribution in [0.2, 0.25) is 0 Å². The molecule has 2 aromatic rings. The van der Waals surface area contributed by atoms with Gasteiger partial charge in [-0.3, -0.25) is 0 Å². The van der Waals surface area contributed by atoms with Crippen molar-refractivity contribution in [3.05, 3.63) is 64.2 Å². The van der Waals surface area contributed by atoms with E-state index in [1.54, 1.807) is 0 Å². The lowest BCUT2D eigenvalue weighted by molar-refractivity contribution is 0.211. The first-order chi connectivity index (χ1) is 9.54. The van der Waals surface area contributed by atoms with Crippen molar-refractivity contribution < 1.29 is 9.84 Å².